The smallest absolute Gasteiger partial charge is 0.313 e. The van der Waals surface area contributed by atoms with Crippen LogP contribution in [0.5, 0.6) is 0 Å². The molecule has 20 heteroatoms. The number of carboxylic acids is 1. The van der Waals surface area contributed by atoms with Gasteiger partial charge in [-0.05, 0) is 68.7 Å². The van der Waals surface area contributed by atoms with Crippen LogP contribution in [0, 0.1) is 23.7 Å². The summed E-state index contributed by atoms with van der Waals surface area (Å²) in [6.45, 7) is 7.02. The van der Waals surface area contributed by atoms with Crippen LogP contribution in [0.4, 0.5) is 5.69 Å². The summed E-state index contributed by atoms with van der Waals surface area (Å²) >= 11 is 0. The first-order valence-corrected chi connectivity index (χ1v) is 26.9. The van der Waals surface area contributed by atoms with Gasteiger partial charge in [-0.2, -0.15) is 0 Å². The highest BCUT2D eigenvalue weighted by Crippen LogP contribution is 2.29. The molecule has 0 saturated carbocycles. The Balaban J connectivity index is 1.83. The third-order valence-corrected chi connectivity index (χ3v) is 13.8. The topological polar surface area (TPSA) is 364 Å². The molecule has 17 atom stereocenters. The van der Waals surface area contributed by atoms with E-state index in [2.05, 4.69) is 0 Å². The first-order chi connectivity index (χ1) is 37.4. The maximum Gasteiger partial charge on any atom is 0.313 e. The lowest BCUT2D eigenvalue weighted by Gasteiger charge is -2.41. The summed E-state index contributed by atoms with van der Waals surface area (Å²) < 4.78 is 17.5. The first-order valence-electron chi connectivity index (χ1n) is 26.9. The van der Waals surface area contributed by atoms with Crippen LogP contribution in [-0.4, -0.2) is 161 Å². The summed E-state index contributed by atoms with van der Waals surface area (Å²) in [6.07, 6.45) is 4.21. The monoisotopic (exact) mass is 1110 g/mol. The standard InChI is InChI=1S/C59H84N2O18/c1-35-18-15-13-11-9-7-5-6-8-10-12-14-16-21-47(78-59-56(74)54(61)55(73)38(4)77-59)33-51(71)53(58(75)76)50(70)31-46(67)30-45(66)29-44(65)28-43(64)27-41(62)19-17-20-42(63)32-52(72)79-57(35)37(3)26-36(2)48(68)34-49(69)39-22-24-40(60)25-23-39/h5-16,18,21-25,35-38,43-45,47-48,50-51,53-57,59,64-66,68,70-71,73-74H,17,19-20,26-34,60-61H2,1-4H3,(H,75,76)/t35-,36-,37-,38+,43-,44-,45-,47-,48-,50-,51-,53+,54-,55+,56-,57-,59-/m0/s1. The average Bonchev–Trinajstić information content (AvgIpc) is 3.36. The number of nitrogen functional groups attached to an aromatic ring is 1. The molecular formula is C59H84N2O18. The number of rotatable bonds is 10. The molecule has 0 spiro atoms. The van der Waals surface area contributed by atoms with E-state index in [0.717, 1.165) is 0 Å². The third-order valence-electron chi connectivity index (χ3n) is 13.8. The maximum atomic E-state index is 13.3. The minimum Gasteiger partial charge on any atom is -0.481 e. The fourth-order valence-electron chi connectivity index (χ4n) is 9.37. The van der Waals surface area contributed by atoms with Crippen molar-refractivity contribution >= 4 is 40.8 Å². The zero-order chi connectivity index (χ0) is 58.8. The van der Waals surface area contributed by atoms with Crippen molar-refractivity contribution in [1.82, 2.24) is 0 Å². The molecule has 20 nitrogen and oxygen atoms in total. The molecule has 13 N–H and O–H groups in total. The van der Waals surface area contributed by atoms with Crippen LogP contribution in [-0.2, 0) is 38.2 Å². The summed E-state index contributed by atoms with van der Waals surface area (Å²) in [5.41, 5.74) is 12.7. The number of Topliss-reactive ketones (excluding diaryl/α,β-unsaturated/α-hetero) is 4. The van der Waals surface area contributed by atoms with Gasteiger partial charge in [0.05, 0.1) is 61.0 Å². The van der Waals surface area contributed by atoms with Crippen molar-refractivity contribution < 1.29 is 88.9 Å². The number of ether oxygens (including phenoxy) is 3. The lowest BCUT2D eigenvalue weighted by molar-refractivity contribution is -0.277. The number of hydrogen-bond donors (Lipinski definition) is 11. The molecule has 3 rings (SSSR count). The molecule has 1 saturated heterocycles. The molecule has 0 radical (unpaired) electrons. The zero-order valence-electron chi connectivity index (χ0n) is 45.5. The molecule has 438 valence electrons. The number of aliphatic hydroxyl groups is 8. The number of allylic oxidation sites excluding steroid dienone is 12. The number of aliphatic carboxylic acids is 1. The lowest BCUT2D eigenvalue weighted by atomic mass is 9.83. The van der Waals surface area contributed by atoms with Crippen molar-refractivity contribution in [3.63, 3.8) is 0 Å². The van der Waals surface area contributed by atoms with Gasteiger partial charge in [-0.1, -0.05) is 106 Å². The fraction of sp³-hybridized carbons (Fsp3) is 0.559. The number of ketones is 4. The first kappa shape index (κ1) is 67.7. The van der Waals surface area contributed by atoms with Crippen LogP contribution in [0.3, 0.4) is 0 Å². The van der Waals surface area contributed by atoms with Gasteiger partial charge in [0.25, 0.3) is 0 Å². The maximum absolute atomic E-state index is 13.3. The van der Waals surface area contributed by atoms with Gasteiger partial charge in [0.15, 0.2) is 12.1 Å². The minimum absolute atomic E-state index is 0.0615. The van der Waals surface area contributed by atoms with E-state index in [1.165, 1.54) is 19.1 Å². The normalized spacial score (nSPS) is 31.9. The number of cyclic esters (lactones) is 1. The van der Waals surface area contributed by atoms with E-state index in [1.807, 2.05) is 19.9 Å². The SMILES string of the molecule is C[C@H]1C=CC=CC=CC=CC=CC=CC=C[C@H](O[C@@H]2O[C@H](C)[C@@H](O)[C@H](N)[C@@H]2O)C[C@H](O)[C@H](C(=O)O)[C@@H](O)CC(=O)C[C@@H](O)C[C@@H](O)C[C@@H](O)CC(=O)CCCC(=O)CC(=O)O[C@@H]1[C@@H](C)C[C@H](C)[C@@H](O)CC(=O)c1ccc(N)cc1. The molecule has 1 fully saturated rings. The van der Waals surface area contributed by atoms with Gasteiger partial charge in [0, 0.05) is 62.1 Å². The number of benzene rings is 1. The largest absolute Gasteiger partial charge is 0.481 e. The highest BCUT2D eigenvalue weighted by atomic mass is 16.7. The van der Waals surface area contributed by atoms with Gasteiger partial charge in [0.1, 0.15) is 41.9 Å². The summed E-state index contributed by atoms with van der Waals surface area (Å²) in [4.78, 5) is 77.3. The highest BCUT2D eigenvalue weighted by molar-refractivity contribution is 5.97. The van der Waals surface area contributed by atoms with E-state index in [4.69, 9.17) is 25.7 Å². The van der Waals surface area contributed by atoms with Gasteiger partial charge in [-0.25, -0.2) is 0 Å². The molecular weight excluding hydrogens is 1020 g/mol. The van der Waals surface area contributed by atoms with Crippen LogP contribution >= 0.6 is 0 Å². The number of anilines is 1. The minimum atomic E-state index is -1.95. The Hall–Kier alpha value is -5.62. The summed E-state index contributed by atoms with van der Waals surface area (Å²) in [5, 5.41) is 96.0. The third kappa shape index (κ3) is 25.2. The predicted octanol–water partition coefficient (Wildman–Crippen LogP) is 3.61. The number of carboxylic acid groups (broad SMARTS) is 1. The fourth-order valence-corrected chi connectivity index (χ4v) is 9.37. The molecule has 0 aliphatic carbocycles. The van der Waals surface area contributed by atoms with Crippen LogP contribution in [0.25, 0.3) is 0 Å². The van der Waals surface area contributed by atoms with E-state index in [1.54, 1.807) is 98.0 Å². The Kier molecular flexibility index (Phi) is 30.1. The van der Waals surface area contributed by atoms with Crippen LogP contribution in [0.15, 0.2) is 109 Å². The van der Waals surface area contributed by atoms with E-state index in [-0.39, 0.29) is 55.6 Å². The zero-order valence-corrected chi connectivity index (χ0v) is 45.5. The van der Waals surface area contributed by atoms with E-state index >= 15 is 0 Å². The number of esters is 1. The molecule has 0 bridgehead atoms. The Labute approximate surface area is 462 Å². The Morgan fingerprint density at radius 1 is 0.684 bits per heavy atom. The molecule has 0 aromatic heterocycles. The van der Waals surface area contributed by atoms with Crippen molar-refractivity contribution in [2.75, 3.05) is 5.73 Å². The van der Waals surface area contributed by atoms with Gasteiger partial charge < -0.3 is 71.6 Å². The number of hydrogen-bond acceptors (Lipinski definition) is 19. The molecule has 1 aromatic rings. The number of aliphatic hydroxyl groups excluding tert-OH is 8. The number of carbonyl (C=O) groups excluding carboxylic acids is 5. The quantitative estimate of drug-likeness (QED) is 0.0690. The second kappa shape index (κ2) is 35.2. The summed E-state index contributed by atoms with van der Waals surface area (Å²) in [6, 6.07) is 5.24. The Morgan fingerprint density at radius 3 is 1.78 bits per heavy atom. The van der Waals surface area contributed by atoms with Crippen molar-refractivity contribution in [3.05, 3.63) is 115 Å². The second-order valence-corrected chi connectivity index (χ2v) is 20.9. The van der Waals surface area contributed by atoms with E-state index in [9.17, 15) is 74.7 Å². The van der Waals surface area contributed by atoms with E-state index < -0.39 is 153 Å². The van der Waals surface area contributed by atoms with Crippen molar-refractivity contribution in [3.8, 4) is 0 Å². The number of carbonyl (C=O) groups is 6. The van der Waals surface area contributed by atoms with Gasteiger partial charge in [-0.15, -0.1) is 0 Å². The van der Waals surface area contributed by atoms with Crippen molar-refractivity contribution in [1.29, 1.82) is 0 Å². The van der Waals surface area contributed by atoms with Gasteiger partial charge in [-0.3, -0.25) is 28.8 Å². The van der Waals surface area contributed by atoms with Gasteiger partial charge in [0.2, 0.25) is 0 Å². The molecule has 2 aliphatic heterocycles. The Bertz CT molecular complexity index is 2310. The average molecular weight is 1110 g/mol. The molecule has 2 heterocycles. The molecule has 1 aromatic carbocycles. The second-order valence-electron chi connectivity index (χ2n) is 20.9. The Morgan fingerprint density at radius 2 is 1.22 bits per heavy atom. The predicted molar refractivity (Wildman–Crippen MR) is 293 cm³/mol. The van der Waals surface area contributed by atoms with Crippen molar-refractivity contribution in [2.24, 2.45) is 29.4 Å². The molecule has 2 aliphatic rings. The van der Waals surface area contributed by atoms with Crippen LogP contribution in [0.1, 0.15) is 115 Å². The van der Waals surface area contributed by atoms with Crippen LogP contribution in [0.2, 0.25) is 0 Å². The van der Waals surface area contributed by atoms with Gasteiger partial charge >= 0.3 is 11.9 Å². The molecule has 79 heavy (non-hydrogen) atoms. The molecule has 0 amide bonds. The summed E-state index contributed by atoms with van der Waals surface area (Å²) in [5.74, 6) is -7.43. The molecule has 0 unspecified atom stereocenters. The highest BCUT2D eigenvalue weighted by Gasteiger charge is 2.43. The number of nitrogens with two attached hydrogens (primary N) is 2. The lowest BCUT2D eigenvalue weighted by Crippen LogP contribution is -2.61. The van der Waals surface area contributed by atoms with Crippen LogP contribution < -0.4 is 11.5 Å². The summed E-state index contributed by atoms with van der Waals surface area (Å²) in [7, 11) is 0. The van der Waals surface area contributed by atoms with E-state index in [0.29, 0.717) is 17.7 Å². The van der Waals surface area contributed by atoms with Crippen molar-refractivity contribution in [2.45, 2.75) is 184 Å².